The van der Waals surface area contributed by atoms with E-state index in [1.165, 1.54) is 0 Å². The van der Waals surface area contributed by atoms with Gasteiger partial charge in [-0.1, -0.05) is 22.9 Å². The zero-order valence-corrected chi connectivity index (χ0v) is 13.3. The predicted molar refractivity (Wildman–Crippen MR) is 71.3 cm³/mol. The number of hydrogen-bond acceptors (Lipinski definition) is 2. The van der Waals surface area contributed by atoms with Crippen LogP contribution in [0.2, 0.25) is 6.04 Å². The molecule has 0 radical (unpaired) electrons. The smallest absolute Gasteiger partial charge is 0.341 e. The van der Waals surface area contributed by atoms with Crippen molar-refractivity contribution in [3.63, 3.8) is 0 Å². The second-order valence-corrected chi connectivity index (χ2v) is 13.2. The Bertz CT molecular complexity index is 199. The Labute approximate surface area is 114 Å². The number of carbonyl (C=O) groups excluding carboxylic acids is 1. The average Bonchev–Trinajstić information content (AvgIpc) is 2.14. The van der Waals surface area contributed by atoms with Gasteiger partial charge in [-0.25, -0.2) is 0 Å². The summed E-state index contributed by atoms with van der Waals surface area (Å²) >= 11 is 20.3. The Kier molecular flexibility index (Phi) is 8.74. The summed E-state index contributed by atoms with van der Waals surface area (Å²) in [6.45, 7) is 2.22. The van der Waals surface area contributed by atoms with Crippen molar-refractivity contribution in [2.24, 2.45) is 5.92 Å². The molecule has 90 valence electrons. The number of ether oxygens (including phenoxy) is 1. The van der Waals surface area contributed by atoms with E-state index in [4.69, 9.17) is 38.0 Å². The molecular weight excluding hydrogens is 342 g/mol. The molecule has 1 atom stereocenters. The molecular formula is C8H14BrCl3O2Si. The molecule has 0 saturated heterocycles. The zero-order chi connectivity index (χ0) is 11.9. The summed E-state index contributed by atoms with van der Waals surface area (Å²) in [5.74, 6) is -0.287. The van der Waals surface area contributed by atoms with Crippen LogP contribution >= 0.6 is 49.2 Å². The van der Waals surface area contributed by atoms with E-state index in [-0.39, 0.29) is 11.9 Å². The Morgan fingerprint density at radius 3 is 2.47 bits per heavy atom. The van der Waals surface area contributed by atoms with Crippen LogP contribution in [0.25, 0.3) is 0 Å². The molecule has 0 aromatic heterocycles. The van der Waals surface area contributed by atoms with Gasteiger partial charge in [0.05, 0.1) is 12.5 Å². The third-order valence-corrected chi connectivity index (χ3v) is 5.33. The second kappa shape index (κ2) is 8.18. The minimum absolute atomic E-state index is 0.104. The van der Waals surface area contributed by atoms with Gasteiger partial charge in [0.2, 0.25) is 0 Å². The maximum absolute atomic E-state index is 11.2. The van der Waals surface area contributed by atoms with Gasteiger partial charge in [0, 0.05) is 5.33 Å². The Hall–Kier alpha value is 1.04. The van der Waals surface area contributed by atoms with Gasteiger partial charge in [-0.15, -0.1) is 33.2 Å². The molecule has 0 aliphatic rings. The van der Waals surface area contributed by atoms with Crippen LogP contribution in [0.3, 0.4) is 0 Å². The molecule has 0 saturated carbocycles. The Morgan fingerprint density at radius 1 is 1.40 bits per heavy atom. The van der Waals surface area contributed by atoms with Crippen LogP contribution in [-0.4, -0.2) is 23.9 Å². The van der Waals surface area contributed by atoms with Gasteiger partial charge in [-0.2, -0.15) is 0 Å². The molecule has 0 aliphatic carbocycles. The summed E-state index contributed by atoms with van der Waals surface area (Å²) in [4.78, 5) is 11.2. The molecule has 0 spiro atoms. The van der Waals surface area contributed by atoms with Crippen molar-refractivity contribution in [2.45, 2.75) is 25.8 Å². The number of carbonyl (C=O) groups is 1. The topological polar surface area (TPSA) is 26.3 Å². The summed E-state index contributed by atoms with van der Waals surface area (Å²) in [6, 6.07) is -1.88. The molecule has 1 unspecified atom stereocenters. The van der Waals surface area contributed by atoms with Crippen molar-refractivity contribution in [3.8, 4) is 0 Å². The average molecular weight is 357 g/mol. The SMILES string of the molecule is CC(CBr)C(=O)OCCCC[Si](Cl)(Cl)Cl. The lowest BCUT2D eigenvalue weighted by molar-refractivity contribution is -0.147. The highest BCUT2D eigenvalue weighted by molar-refractivity contribution is 9.09. The van der Waals surface area contributed by atoms with Crippen LogP contribution in [0.1, 0.15) is 19.8 Å². The fourth-order valence-electron chi connectivity index (χ4n) is 0.806. The lowest BCUT2D eigenvalue weighted by Crippen LogP contribution is -2.16. The van der Waals surface area contributed by atoms with Gasteiger partial charge < -0.3 is 4.74 Å². The van der Waals surface area contributed by atoms with Gasteiger partial charge in [-0.3, -0.25) is 4.79 Å². The standard InChI is InChI=1S/C8H14BrCl3O2Si/c1-7(6-9)8(13)14-4-2-3-5-15(10,11)12/h7H,2-6H2,1H3. The number of esters is 1. The highest BCUT2D eigenvalue weighted by atomic mass is 79.9. The van der Waals surface area contributed by atoms with E-state index >= 15 is 0 Å². The monoisotopic (exact) mass is 354 g/mol. The van der Waals surface area contributed by atoms with E-state index < -0.39 is 6.00 Å². The molecule has 0 fully saturated rings. The minimum atomic E-state index is -2.49. The van der Waals surface area contributed by atoms with Gasteiger partial charge in [-0.05, 0) is 18.9 Å². The van der Waals surface area contributed by atoms with Crippen molar-refractivity contribution < 1.29 is 9.53 Å². The number of alkyl halides is 1. The predicted octanol–water partition coefficient (Wildman–Crippen LogP) is 4.00. The third-order valence-electron chi connectivity index (χ3n) is 1.73. The highest BCUT2D eigenvalue weighted by Gasteiger charge is 2.23. The molecule has 7 heteroatoms. The first-order valence-corrected chi connectivity index (χ1v) is 11.0. The van der Waals surface area contributed by atoms with E-state index in [9.17, 15) is 4.79 Å². The van der Waals surface area contributed by atoms with Crippen LogP contribution in [-0.2, 0) is 9.53 Å². The fraction of sp³-hybridized carbons (Fsp3) is 0.875. The molecule has 0 amide bonds. The molecule has 0 aromatic rings. The van der Waals surface area contributed by atoms with E-state index in [0.717, 1.165) is 12.8 Å². The van der Waals surface area contributed by atoms with Crippen LogP contribution in [0.15, 0.2) is 0 Å². The van der Waals surface area contributed by atoms with Gasteiger partial charge in [0.15, 0.2) is 0 Å². The molecule has 0 aromatic carbocycles. The van der Waals surface area contributed by atoms with E-state index in [0.29, 0.717) is 18.0 Å². The van der Waals surface area contributed by atoms with Crippen LogP contribution in [0.5, 0.6) is 0 Å². The first kappa shape index (κ1) is 16.0. The molecule has 0 aliphatic heterocycles. The molecule has 0 heterocycles. The van der Waals surface area contributed by atoms with Crippen molar-refractivity contribution in [2.75, 3.05) is 11.9 Å². The Morgan fingerprint density at radius 2 is 2.00 bits per heavy atom. The van der Waals surface area contributed by atoms with Gasteiger partial charge >= 0.3 is 12.0 Å². The number of rotatable bonds is 7. The largest absolute Gasteiger partial charge is 0.465 e. The van der Waals surface area contributed by atoms with Crippen molar-refractivity contribution in [3.05, 3.63) is 0 Å². The number of unbranched alkanes of at least 4 members (excludes halogenated alkanes) is 1. The van der Waals surface area contributed by atoms with E-state index in [1.807, 2.05) is 6.92 Å². The van der Waals surface area contributed by atoms with Crippen LogP contribution in [0, 0.1) is 5.92 Å². The van der Waals surface area contributed by atoms with Crippen LogP contribution in [0.4, 0.5) is 0 Å². The normalized spacial score (nSPS) is 13.7. The maximum atomic E-state index is 11.2. The fourth-order valence-corrected chi connectivity index (χ4v) is 2.92. The summed E-state index contributed by atoms with van der Waals surface area (Å²) in [5.41, 5.74) is 0. The highest BCUT2D eigenvalue weighted by Crippen LogP contribution is 2.26. The number of halogens is 4. The second-order valence-electron chi connectivity index (χ2n) is 3.30. The van der Waals surface area contributed by atoms with Gasteiger partial charge in [0.25, 0.3) is 0 Å². The Balaban J connectivity index is 3.43. The summed E-state index contributed by atoms with van der Waals surface area (Å²) in [6.07, 6.45) is 1.54. The van der Waals surface area contributed by atoms with Crippen molar-refractivity contribution in [1.82, 2.24) is 0 Å². The number of hydrogen-bond donors (Lipinski definition) is 0. The van der Waals surface area contributed by atoms with E-state index in [1.54, 1.807) is 0 Å². The summed E-state index contributed by atoms with van der Waals surface area (Å²) in [7, 11) is 0. The maximum Gasteiger partial charge on any atom is 0.341 e. The molecule has 0 rings (SSSR count). The van der Waals surface area contributed by atoms with Crippen LogP contribution < -0.4 is 0 Å². The molecule has 15 heavy (non-hydrogen) atoms. The lowest BCUT2D eigenvalue weighted by atomic mass is 10.2. The first-order chi connectivity index (χ1) is 6.87. The quantitative estimate of drug-likeness (QED) is 0.227. The molecule has 0 bridgehead atoms. The minimum Gasteiger partial charge on any atom is -0.465 e. The summed E-state index contributed by atoms with van der Waals surface area (Å²) in [5, 5.41) is 0.618. The molecule has 2 nitrogen and oxygen atoms in total. The summed E-state index contributed by atoms with van der Waals surface area (Å²) < 4.78 is 5.03. The third kappa shape index (κ3) is 9.94. The van der Waals surface area contributed by atoms with E-state index in [2.05, 4.69) is 15.9 Å². The van der Waals surface area contributed by atoms with Crippen molar-refractivity contribution >= 4 is 61.1 Å². The molecule has 0 N–H and O–H groups in total. The lowest BCUT2D eigenvalue weighted by Gasteiger charge is -2.09. The van der Waals surface area contributed by atoms with Crippen molar-refractivity contribution in [1.29, 1.82) is 0 Å². The zero-order valence-electron chi connectivity index (χ0n) is 8.44. The van der Waals surface area contributed by atoms with Gasteiger partial charge in [0.1, 0.15) is 0 Å². The first-order valence-electron chi connectivity index (χ1n) is 4.66.